The summed E-state index contributed by atoms with van der Waals surface area (Å²) in [4.78, 5) is 14.9. The number of carbonyl (C=O) groups excluding carboxylic acids is 1. The molecule has 0 amide bonds. The summed E-state index contributed by atoms with van der Waals surface area (Å²) in [5.41, 5.74) is 1.81. The van der Waals surface area contributed by atoms with Crippen molar-refractivity contribution in [2.75, 3.05) is 0 Å². The molecule has 0 saturated carbocycles. The third-order valence-corrected chi connectivity index (χ3v) is 2.64. The van der Waals surface area contributed by atoms with Crippen LogP contribution in [0, 0.1) is 12.8 Å². The number of hydrogen-bond donors (Lipinski definition) is 0. The van der Waals surface area contributed by atoms with Gasteiger partial charge in [-0.05, 0) is 24.5 Å². The molecule has 0 unspecified atom stereocenters. The van der Waals surface area contributed by atoms with Gasteiger partial charge >= 0.3 is 0 Å². The predicted molar refractivity (Wildman–Crippen MR) is 55.7 cm³/mol. The maximum atomic E-state index is 10.7. The van der Waals surface area contributed by atoms with E-state index in [1.807, 2.05) is 32.2 Å². The van der Waals surface area contributed by atoms with Crippen LogP contribution in [0.5, 0.6) is 0 Å². The number of thiazole rings is 1. The van der Waals surface area contributed by atoms with Crippen LogP contribution in [0.25, 0.3) is 6.08 Å². The van der Waals surface area contributed by atoms with Gasteiger partial charge in [0.25, 0.3) is 0 Å². The van der Waals surface area contributed by atoms with E-state index in [1.54, 1.807) is 11.3 Å². The molecular formula is C10H13NOS. The minimum Gasteiger partial charge on any atom is -0.298 e. The standard InChI is InChI=1S/C10H13NOS/c1-7(2)9(5-12)4-10-11-8(3)6-13-10/h4-7H,1-3H3. The average molecular weight is 195 g/mol. The van der Waals surface area contributed by atoms with Crippen LogP contribution in [-0.4, -0.2) is 11.3 Å². The first-order valence-electron chi connectivity index (χ1n) is 4.22. The monoisotopic (exact) mass is 195 g/mol. The number of rotatable bonds is 3. The molecule has 0 aromatic carbocycles. The molecule has 0 fully saturated rings. The zero-order valence-corrected chi connectivity index (χ0v) is 8.89. The van der Waals surface area contributed by atoms with Gasteiger partial charge in [0, 0.05) is 11.1 Å². The summed E-state index contributed by atoms with van der Waals surface area (Å²) in [5.74, 6) is 0.265. The molecule has 1 aromatic rings. The predicted octanol–water partition coefficient (Wildman–Crippen LogP) is 2.69. The molecule has 0 spiro atoms. The minimum absolute atomic E-state index is 0.265. The molecular weight excluding hydrogens is 182 g/mol. The number of aldehydes is 1. The number of aromatic nitrogens is 1. The van der Waals surface area contributed by atoms with E-state index in [2.05, 4.69) is 4.98 Å². The van der Waals surface area contributed by atoms with Crippen LogP contribution in [0.1, 0.15) is 24.5 Å². The number of aryl methyl sites for hydroxylation is 1. The summed E-state index contributed by atoms with van der Waals surface area (Å²) in [6, 6.07) is 0. The first-order chi connectivity index (χ1) is 6.13. The van der Waals surface area contributed by atoms with E-state index in [1.165, 1.54) is 0 Å². The highest BCUT2D eigenvalue weighted by molar-refractivity contribution is 7.10. The number of hydrogen-bond acceptors (Lipinski definition) is 3. The normalized spacial score (nSPS) is 12.2. The quantitative estimate of drug-likeness (QED) is 0.548. The molecule has 0 N–H and O–H groups in total. The van der Waals surface area contributed by atoms with E-state index < -0.39 is 0 Å². The Kier molecular flexibility index (Phi) is 3.37. The van der Waals surface area contributed by atoms with E-state index in [9.17, 15) is 4.79 Å². The van der Waals surface area contributed by atoms with Crippen molar-refractivity contribution in [2.24, 2.45) is 5.92 Å². The van der Waals surface area contributed by atoms with Gasteiger partial charge in [0.15, 0.2) is 0 Å². The zero-order chi connectivity index (χ0) is 9.84. The van der Waals surface area contributed by atoms with Crippen molar-refractivity contribution in [3.63, 3.8) is 0 Å². The summed E-state index contributed by atoms with van der Waals surface area (Å²) >= 11 is 1.56. The van der Waals surface area contributed by atoms with Crippen molar-refractivity contribution in [1.29, 1.82) is 0 Å². The highest BCUT2D eigenvalue weighted by atomic mass is 32.1. The fourth-order valence-electron chi connectivity index (χ4n) is 0.918. The van der Waals surface area contributed by atoms with Gasteiger partial charge in [0.1, 0.15) is 11.3 Å². The molecule has 0 aliphatic carbocycles. The SMILES string of the molecule is Cc1csc(C=C(C=O)C(C)C)n1. The molecule has 0 bridgehead atoms. The fourth-order valence-corrected chi connectivity index (χ4v) is 1.66. The summed E-state index contributed by atoms with van der Waals surface area (Å²) in [6.45, 7) is 5.95. The first-order valence-corrected chi connectivity index (χ1v) is 5.10. The summed E-state index contributed by atoms with van der Waals surface area (Å²) in [6.07, 6.45) is 2.76. The summed E-state index contributed by atoms with van der Waals surface area (Å²) < 4.78 is 0. The third kappa shape index (κ3) is 2.77. The summed E-state index contributed by atoms with van der Waals surface area (Å²) in [7, 11) is 0. The second-order valence-corrected chi connectivity index (χ2v) is 4.13. The maximum absolute atomic E-state index is 10.7. The van der Waals surface area contributed by atoms with Crippen LogP contribution >= 0.6 is 11.3 Å². The smallest absolute Gasteiger partial charge is 0.146 e. The van der Waals surface area contributed by atoms with Gasteiger partial charge in [-0.25, -0.2) is 4.98 Å². The molecule has 13 heavy (non-hydrogen) atoms. The highest BCUT2D eigenvalue weighted by Gasteiger charge is 2.03. The molecule has 0 aliphatic rings. The van der Waals surface area contributed by atoms with E-state index >= 15 is 0 Å². The Bertz CT molecular complexity index is 325. The van der Waals surface area contributed by atoms with Crippen molar-refractivity contribution in [1.82, 2.24) is 4.98 Å². The van der Waals surface area contributed by atoms with Gasteiger partial charge in [-0.1, -0.05) is 13.8 Å². The van der Waals surface area contributed by atoms with Gasteiger partial charge < -0.3 is 0 Å². The molecule has 3 heteroatoms. The Labute approximate surface area is 82.3 Å². The topological polar surface area (TPSA) is 30.0 Å². The van der Waals surface area contributed by atoms with E-state index in [0.717, 1.165) is 22.6 Å². The van der Waals surface area contributed by atoms with Gasteiger partial charge in [-0.3, -0.25) is 4.79 Å². The third-order valence-electron chi connectivity index (χ3n) is 1.73. The van der Waals surface area contributed by atoms with E-state index in [-0.39, 0.29) is 5.92 Å². The average Bonchev–Trinajstić information content (AvgIpc) is 2.46. The molecule has 70 valence electrons. The highest BCUT2D eigenvalue weighted by Crippen LogP contribution is 2.16. The van der Waals surface area contributed by atoms with Crippen molar-refractivity contribution < 1.29 is 4.79 Å². The molecule has 0 saturated heterocycles. The Morgan fingerprint density at radius 3 is 2.69 bits per heavy atom. The Balaban J connectivity index is 2.91. The molecule has 0 radical (unpaired) electrons. The largest absolute Gasteiger partial charge is 0.298 e. The van der Waals surface area contributed by atoms with Crippen LogP contribution in [0.3, 0.4) is 0 Å². The first kappa shape index (κ1) is 10.1. The van der Waals surface area contributed by atoms with Gasteiger partial charge in [0.2, 0.25) is 0 Å². The van der Waals surface area contributed by atoms with Gasteiger partial charge in [-0.15, -0.1) is 11.3 Å². The molecule has 2 nitrogen and oxygen atoms in total. The lowest BCUT2D eigenvalue weighted by Gasteiger charge is -2.00. The van der Waals surface area contributed by atoms with Crippen LogP contribution < -0.4 is 0 Å². The fraction of sp³-hybridized carbons (Fsp3) is 0.400. The Morgan fingerprint density at radius 2 is 2.31 bits per heavy atom. The van der Waals surface area contributed by atoms with Gasteiger partial charge in [0.05, 0.1) is 0 Å². The van der Waals surface area contributed by atoms with Crippen LogP contribution in [0.2, 0.25) is 0 Å². The van der Waals surface area contributed by atoms with Crippen LogP contribution in [-0.2, 0) is 4.79 Å². The van der Waals surface area contributed by atoms with Crippen molar-refractivity contribution in [2.45, 2.75) is 20.8 Å². The zero-order valence-electron chi connectivity index (χ0n) is 8.07. The van der Waals surface area contributed by atoms with E-state index in [0.29, 0.717) is 0 Å². The number of carbonyl (C=O) groups is 1. The molecule has 1 heterocycles. The van der Waals surface area contributed by atoms with E-state index in [4.69, 9.17) is 0 Å². The lowest BCUT2D eigenvalue weighted by atomic mass is 10.1. The Morgan fingerprint density at radius 1 is 1.62 bits per heavy atom. The molecule has 1 aromatic heterocycles. The van der Waals surface area contributed by atoms with Crippen LogP contribution in [0.15, 0.2) is 11.0 Å². The van der Waals surface area contributed by atoms with Crippen molar-refractivity contribution in [3.8, 4) is 0 Å². The molecule has 0 atom stereocenters. The lowest BCUT2D eigenvalue weighted by Crippen LogP contribution is -1.94. The minimum atomic E-state index is 0.265. The second-order valence-electron chi connectivity index (χ2n) is 3.24. The summed E-state index contributed by atoms with van der Waals surface area (Å²) in [5, 5.41) is 2.89. The maximum Gasteiger partial charge on any atom is 0.146 e. The molecule has 1 rings (SSSR count). The van der Waals surface area contributed by atoms with Gasteiger partial charge in [-0.2, -0.15) is 0 Å². The lowest BCUT2D eigenvalue weighted by molar-refractivity contribution is -0.105. The van der Waals surface area contributed by atoms with Crippen LogP contribution in [0.4, 0.5) is 0 Å². The number of nitrogens with zero attached hydrogens (tertiary/aromatic N) is 1. The number of allylic oxidation sites excluding steroid dienone is 1. The van der Waals surface area contributed by atoms with Crippen molar-refractivity contribution >= 4 is 23.7 Å². The Hall–Kier alpha value is -0.960. The second kappa shape index (κ2) is 4.33. The van der Waals surface area contributed by atoms with Crippen molar-refractivity contribution in [3.05, 3.63) is 21.7 Å². The molecule has 0 aliphatic heterocycles.